The van der Waals surface area contributed by atoms with Gasteiger partial charge >= 0.3 is 0 Å². The Morgan fingerprint density at radius 3 is 2.03 bits per heavy atom. The first-order chi connectivity index (χ1) is 14.5. The van der Waals surface area contributed by atoms with Crippen LogP contribution in [-0.4, -0.2) is 62.7 Å². The van der Waals surface area contributed by atoms with Crippen LogP contribution in [0.2, 0.25) is 0 Å². The van der Waals surface area contributed by atoms with Crippen molar-refractivity contribution in [1.82, 2.24) is 9.80 Å². The highest BCUT2D eigenvalue weighted by Gasteiger charge is 2.43. The van der Waals surface area contributed by atoms with E-state index in [1.807, 2.05) is 52.2 Å². The van der Waals surface area contributed by atoms with Crippen molar-refractivity contribution in [3.05, 3.63) is 71.8 Å². The molecule has 0 spiro atoms. The molecule has 1 aliphatic rings. The standard InChI is InChI=1S/C24H32N2O2.C2H6/c1-25(2)23(27)24(21-12-8-5-9-13-21)14-16-26(17-15-24)19-22(28-3)18-20-10-6-4-7-11-20;1-2/h4-13,22H,14-19H2,1-3H3;1-2H3. The van der Waals surface area contributed by atoms with Gasteiger partial charge in [-0.1, -0.05) is 74.5 Å². The summed E-state index contributed by atoms with van der Waals surface area (Å²) in [5, 5.41) is 0. The van der Waals surface area contributed by atoms with Gasteiger partial charge in [-0.2, -0.15) is 0 Å². The SMILES string of the molecule is CC.COC(Cc1ccccc1)CN1CCC(C(=O)N(C)C)(c2ccccc2)CC1. The lowest BCUT2D eigenvalue weighted by molar-refractivity contribution is -0.137. The molecule has 2 aromatic carbocycles. The van der Waals surface area contributed by atoms with Gasteiger partial charge in [-0.05, 0) is 43.5 Å². The normalized spacial score (nSPS) is 16.8. The van der Waals surface area contributed by atoms with Gasteiger partial charge in [0.05, 0.1) is 11.5 Å². The number of carbonyl (C=O) groups is 1. The number of ether oxygens (including phenoxy) is 1. The zero-order valence-corrected chi connectivity index (χ0v) is 19.3. The van der Waals surface area contributed by atoms with Gasteiger partial charge in [0.1, 0.15) is 0 Å². The third kappa shape index (κ3) is 5.93. The summed E-state index contributed by atoms with van der Waals surface area (Å²) in [5.41, 5.74) is 2.03. The molecule has 1 amide bonds. The monoisotopic (exact) mass is 410 g/mol. The molecule has 0 aromatic heterocycles. The van der Waals surface area contributed by atoms with Crippen molar-refractivity contribution >= 4 is 5.91 Å². The van der Waals surface area contributed by atoms with Crippen molar-refractivity contribution in [3.63, 3.8) is 0 Å². The highest BCUT2D eigenvalue weighted by atomic mass is 16.5. The van der Waals surface area contributed by atoms with E-state index in [1.54, 1.807) is 12.0 Å². The summed E-state index contributed by atoms with van der Waals surface area (Å²) in [4.78, 5) is 17.3. The summed E-state index contributed by atoms with van der Waals surface area (Å²) >= 11 is 0. The van der Waals surface area contributed by atoms with Crippen LogP contribution < -0.4 is 0 Å². The zero-order valence-electron chi connectivity index (χ0n) is 19.3. The largest absolute Gasteiger partial charge is 0.380 e. The van der Waals surface area contributed by atoms with Crippen molar-refractivity contribution in [2.24, 2.45) is 0 Å². The Morgan fingerprint density at radius 1 is 1.00 bits per heavy atom. The summed E-state index contributed by atoms with van der Waals surface area (Å²) in [6.45, 7) is 6.71. The minimum atomic E-state index is -0.413. The molecule has 30 heavy (non-hydrogen) atoms. The van der Waals surface area contributed by atoms with E-state index in [0.29, 0.717) is 0 Å². The molecule has 0 saturated carbocycles. The molecule has 1 unspecified atom stereocenters. The van der Waals surface area contributed by atoms with Crippen LogP contribution in [0.25, 0.3) is 0 Å². The van der Waals surface area contributed by atoms with Gasteiger partial charge in [-0.3, -0.25) is 4.79 Å². The van der Waals surface area contributed by atoms with Gasteiger partial charge in [0.25, 0.3) is 0 Å². The average Bonchev–Trinajstić information content (AvgIpc) is 2.81. The third-order valence-corrected chi connectivity index (χ3v) is 5.95. The smallest absolute Gasteiger partial charge is 0.232 e. The highest BCUT2D eigenvalue weighted by Crippen LogP contribution is 2.37. The Labute approximate surface area is 182 Å². The van der Waals surface area contributed by atoms with Gasteiger partial charge in [-0.15, -0.1) is 0 Å². The van der Waals surface area contributed by atoms with Crippen molar-refractivity contribution < 1.29 is 9.53 Å². The average molecular weight is 411 g/mol. The van der Waals surface area contributed by atoms with Gasteiger partial charge < -0.3 is 14.5 Å². The first kappa shape index (κ1) is 24.1. The van der Waals surface area contributed by atoms with E-state index in [-0.39, 0.29) is 12.0 Å². The molecule has 1 atom stereocenters. The predicted octanol–water partition coefficient (Wildman–Crippen LogP) is 4.39. The Balaban J connectivity index is 0.00000155. The fourth-order valence-corrected chi connectivity index (χ4v) is 4.32. The van der Waals surface area contributed by atoms with Gasteiger partial charge in [-0.25, -0.2) is 0 Å². The number of hydrogen-bond donors (Lipinski definition) is 0. The predicted molar refractivity (Wildman–Crippen MR) is 125 cm³/mol. The second kappa shape index (κ2) is 11.9. The molecule has 4 heteroatoms. The van der Waals surface area contributed by atoms with Crippen molar-refractivity contribution in [3.8, 4) is 0 Å². The molecule has 1 saturated heterocycles. The van der Waals surface area contributed by atoms with Crippen LogP contribution in [0.4, 0.5) is 0 Å². The highest BCUT2D eigenvalue weighted by molar-refractivity contribution is 5.88. The van der Waals surface area contributed by atoms with Crippen LogP contribution in [0.15, 0.2) is 60.7 Å². The van der Waals surface area contributed by atoms with Crippen molar-refractivity contribution in [2.45, 2.75) is 44.6 Å². The Morgan fingerprint density at radius 2 is 1.53 bits per heavy atom. The number of carbonyl (C=O) groups excluding carboxylic acids is 1. The number of nitrogens with zero attached hydrogens (tertiary/aromatic N) is 2. The topological polar surface area (TPSA) is 32.8 Å². The number of likely N-dealkylation sites (N-methyl/N-ethyl adjacent to an activating group) is 1. The van der Waals surface area contributed by atoms with Crippen molar-refractivity contribution in [1.29, 1.82) is 0 Å². The second-order valence-corrected chi connectivity index (χ2v) is 8.00. The van der Waals surface area contributed by atoms with Crippen LogP contribution in [0.3, 0.4) is 0 Å². The Bertz CT molecular complexity index is 738. The number of hydrogen-bond acceptors (Lipinski definition) is 3. The number of methoxy groups -OCH3 is 1. The van der Waals surface area contributed by atoms with Crippen LogP contribution in [0.5, 0.6) is 0 Å². The maximum absolute atomic E-state index is 13.1. The van der Waals surface area contributed by atoms with E-state index in [1.165, 1.54) is 5.56 Å². The number of benzene rings is 2. The number of piperidine rings is 1. The quantitative estimate of drug-likeness (QED) is 0.679. The molecule has 1 aliphatic heterocycles. The lowest BCUT2D eigenvalue weighted by atomic mass is 9.71. The molecule has 3 rings (SSSR count). The molecule has 2 aromatic rings. The number of likely N-dealkylation sites (tertiary alicyclic amines) is 1. The molecule has 1 fully saturated rings. The molecule has 0 bridgehead atoms. The maximum Gasteiger partial charge on any atom is 0.232 e. The number of rotatable bonds is 7. The minimum Gasteiger partial charge on any atom is -0.380 e. The Kier molecular flexibility index (Phi) is 9.54. The van der Waals surface area contributed by atoms with E-state index in [0.717, 1.165) is 44.5 Å². The fourth-order valence-electron chi connectivity index (χ4n) is 4.32. The van der Waals surface area contributed by atoms with Gasteiger partial charge in [0.2, 0.25) is 5.91 Å². The molecule has 1 heterocycles. The molecular formula is C26H38N2O2. The molecule has 0 radical (unpaired) electrons. The fraction of sp³-hybridized carbons (Fsp3) is 0.500. The molecule has 0 aliphatic carbocycles. The van der Waals surface area contributed by atoms with E-state index >= 15 is 0 Å². The molecule has 0 N–H and O–H groups in total. The lowest BCUT2D eigenvalue weighted by Crippen LogP contribution is -2.52. The summed E-state index contributed by atoms with van der Waals surface area (Å²) < 4.78 is 5.76. The van der Waals surface area contributed by atoms with E-state index < -0.39 is 5.41 Å². The Hall–Kier alpha value is -2.17. The first-order valence-electron chi connectivity index (χ1n) is 11.1. The summed E-state index contributed by atoms with van der Waals surface area (Å²) in [6.07, 6.45) is 2.76. The van der Waals surface area contributed by atoms with E-state index in [9.17, 15) is 4.79 Å². The summed E-state index contributed by atoms with van der Waals surface area (Å²) in [5.74, 6) is 0.214. The summed E-state index contributed by atoms with van der Waals surface area (Å²) in [6, 6.07) is 20.8. The lowest BCUT2D eigenvalue weighted by Gasteiger charge is -2.43. The third-order valence-electron chi connectivity index (χ3n) is 5.95. The van der Waals surface area contributed by atoms with Crippen LogP contribution in [0.1, 0.15) is 37.8 Å². The molecule has 164 valence electrons. The minimum absolute atomic E-state index is 0.163. The van der Waals surface area contributed by atoms with Crippen LogP contribution in [0, 0.1) is 0 Å². The van der Waals surface area contributed by atoms with Gasteiger partial charge in [0.15, 0.2) is 0 Å². The second-order valence-electron chi connectivity index (χ2n) is 8.00. The van der Waals surface area contributed by atoms with Crippen LogP contribution in [-0.2, 0) is 21.4 Å². The summed E-state index contributed by atoms with van der Waals surface area (Å²) in [7, 11) is 5.52. The van der Waals surface area contributed by atoms with Crippen LogP contribution >= 0.6 is 0 Å². The van der Waals surface area contributed by atoms with Gasteiger partial charge in [0, 0.05) is 27.7 Å². The van der Waals surface area contributed by atoms with E-state index in [2.05, 4.69) is 41.3 Å². The first-order valence-corrected chi connectivity index (χ1v) is 11.1. The number of amides is 1. The molecular weight excluding hydrogens is 372 g/mol. The van der Waals surface area contributed by atoms with Crippen molar-refractivity contribution in [2.75, 3.05) is 40.8 Å². The van der Waals surface area contributed by atoms with E-state index in [4.69, 9.17) is 4.74 Å². The molecule has 4 nitrogen and oxygen atoms in total. The maximum atomic E-state index is 13.1. The zero-order chi connectivity index (χ0) is 22.0.